The number of nitrogens with zero attached hydrogens (tertiary/aromatic N) is 1. The summed E-state index contributed by atoms with van der Waals surface area (Å²) in [6.45, 7) is 6.39. The van der Waals surface area contributed by atoms with Gasteiger partial charge in [-0.3, -0.25) is 0 Å². The minimum Gasteiger partial charge on any atom is -0.389 e. The van der Waals surface area contributed by atoms with E-state index in [4.69, 9.17) is 18.0 Å². The Morgan fingerprint density at radius 2 is 2.22 bits per heavy atom. The number of aryl methyl sites for hydroxylation is 1. The van der Waals surface area contributed by atoms with Gasteiger partial charge in [0.2, 0.25) is 0 Å². The monoisotopic (exact) mass is 265 g/mol. The summed E-state index contributed by atoms with van der Waals surface area (Å²) in [6.07, 6.45) is 6.68. The van der Waals surface area contributed by atoms with Crippen molar-refractivity contribution >= 4 is 23.0 Å². The first-order valence-corrected chi connectivity index (χ1v) is 6.99. The van der Waals surface area contributed by atoms with E-state index in [0.29, 0.717) is 11.0 Å². The van der Waals surface area contributed by atoms with Crippen LogP contribution in [-0.2, 0) is 0 Å². The topological polar surface area (TPSA) is 50.9 Å². The van der Waals surface area contributed by atoms with Crippen LogP contribution in [0.2, 0.25) is 0 Å². The molecule has 1 unspecified atom stereocenters. The summed E-state index contributed by atoms with van der Waals surface area (Å²) in [6, 6.07) is 2.32. The van der Waals surface area contributed by atoms with Gasteiger partial charge >= 0.3 is 0 Å². The maximum Gasteiger partial charge on any atom is 0.136 e. The summed E-state index contributed by atoms with van der Waals surface area (Å²) in [5, 5.41) is 3.41. The smallest absolute Gasteiger partial charge is 0.136 e. The van der Waals surface area contributed by atoms with Gasteiger partial charge in [-0.15, -0.1) is 0 Å². The van der Waals surface area contributed by atoms with Crippen molar-refractivity contribution in [2.75, 3.05) is 5.32 Å². The van der Waals surface area contributed by atoms with Crippen molar-refractivity contribution < 1.29 is 0 Å². The number of rotatable bonds is 7. The molecular weight excluding hydrogens is 242 g/mol. The van der Waals surface area contributed by atoms with Crippen LogP contribution >= 0.6 is 12.2 Å². The SMILES string of the molecule is CCCCCC(C)Nc1nccc(C)c1C(N)=S. The molecule has 100 valence electrons. The standard InChI is InChI=1S/C14H23N3S/c1-4-5-6-7-11(3)17-14-12(13(15)18)10(2)8-9-16-14/h8-9,11H,4-7H2,1-3H3,(H2,15,18)(H,16,17). The van der Waals surface area contributed by atoms with Crippen LogP contribution in [0.3, 0.4) is 0 Å². The second-order valence-corrected chi connectivity index (χ2v) is 5.20. The number of nitrogens with two attached hydrogens (primary N) is 1. The molecule has 1 rings (SSSR count). The number of aromatic nitrogens is 1. The fourth-order valence-electron chi connectivity index (χ4n) is 1.98. The van der Waals surface area contributed by atoms with Crippen molar-refractivity contribution in [2.45, 2.75) is 52.5 Å². The number of anilines is 1. The maximum atomic E-state index is 5.76. The fourth-order valence-corrected chi connectivity index (χ4v) is 2.24. The molecule has 1 aromatic heterocycles. The third kappa shape index (κ3) is 4.26. The summed E-state index contributed by atoms with van der Waals surface area (Å²) < 4.78 is 0. The predicted octanol–water partition coefficient (Wildman–Crippen LogP) is 3.40. The Balaban J connectivity index is 2.72. The molecule has 1 aromatic rings. The normalized spacial score (nSPS) is 12.2. The molecule has 4 heteroatoms. The van der Waals surface area contributed by atoms with Gasteiger partial charge in [-0.05, 0) is 31.9 Å². The molecule has 1 atom stereocenters. The van der Waals surface area contributed by atoms with E-state index in [1.165, 1.54) is 19.3 Å². The molecular formula is C14H23N3S. The number of thiocarbonyl (C=S) groups is 1. The van der Waals surface area contributed by atoms with Crippen molar-refractivity contribution in [1.82, 2.24) is 4.98 Å². The summed E-state index contributed by atoms with van der Waals surface area (Å²) in [7, 11) is 0. The van der Waals surface area contributed by atoms with Crippen LogP contribution in [0.25, 0.3) is 0 Å². The third-order valence-electron chi connectivity index (χ3n) is 3.03. The molecule has 3 nitrogen and oxygen atoms in total. The molecule has 0 aliphatic carbocycles. The van der Waals surface area contributed by atoms with E-state index in [9.17, 15) is 0 Å². The quantitative estimate of drug-likeness (QED) is 0.586. The molecule has 0 spiro atoms. The zero-order chi connectivity index (χ0) is 13.5. The van der Waals surface area contributed by atoms with Crippen LogP contribution < -0.4 is 11.1 Å². The zero-order valence-corrected chi connectivity index (χ0v) is 12.3. The lowest BCUT2D eigenvalue weighted by molar-refractivity contribution is 0.613. The number of pyridine rings is 1. The van der Waals surface area contributed by atoms with Gasteiger partial charge in [-0.1, -0.05) is 38.4 Å². The molecule has 0 radical (unpaired) electrons. The first-order valence-electron chi connectivity index (χ1n) is 6.58. The lowest BCUT2D eigenvalue weighted by atomic mass is 10.1. The van der Waals surface area contributed by atoms with Crippen LogP contribution in [0.4, 0.5) is 5.82 Å². The van der Waals surface area contributed by atoms with Crippen LogP contribution in [0, 0.1) is 6.92 Å². The highest BCUT2D eigenvalue weighted by molar-refractivity contribution is 7.80. The van der Waals surface area contributed by atoms with Crippen molar-refractivity contribution in [3.8, 4) is 0 Å². The second-order valence-electron chi connectivity index (χ2n) is 4.76. The molecule has 0 fully saturated rings. The molecule has 0 aliphatic heterocycles. The molecule has 0 aromatic carbocycles. The lowest BCUT2D eigenvalue weighted by Crippen LogP contribution is -2.21. The average molecular weight is 265 g/mol. The average Bonchev–Trinajstić information content (AvgIpc) is 2.28. The molecule has 0 aliphatic rings. The van der Waals surface area contributed by atoms with E-state index in [0.717, 1.165) is 23.4 Å². The predicted molar refractivity (Wildman–Crippen MR) is 82.1 cm³/mol. The largest absolute Gasteiger partial charge is 0.389 e. The summed E-state index contributed by atoms with van der Waals surface area (Å²) in [4.78, 5) is 4.76. The first-order chi connectivity index (χ1) is 8.56. The van der Waals surface area contributed by atoms with Crippen molar-refractivity contribution in [3.05, 3.63) is 23.4 Å². The van der Waals surface area contributed by atoms with Crippen LogP contribution in [-0.4, -0.2) is 16.0 Å². The van der Waals surface area contributed by atoms with Gasteiger partial charge in [0.15, 0.2) is 0 Å². The molecule has 0 saturated carbocycles. The molecule has 0 saturated heterocycles. The van der Waals surface area contributed by atoms with Gasteiger partial charge in [0.1, 0.15) is 10.8 Å². The third-order valence-corrected chi connectivity index (χ3v) is 3.23. The van der Waals surface area contributed by atoms with Crippen molar-refractivity contribution in [2.24, 2.45) is 5.73 Å². The van der Waals surface area contributed by atoms with Gasteiger partial charge in [-0.2, -0.15) is 0 Å². The fraction of sp³-hybridized carbons (Fsp3) is 0.571. The van der Waals surface area contributed by atoms with Gasteiger partial charge in [0, 0.05) is 12.2 Å². The van der Waals surface area contributed by atoms with E-state index in [-0.39, 0.29) is 0 Å². The number of hydrogen-bond acceptors (Lipinski definition) is 3. The molecule has 0 bridgehead atoms. The zero-order valence-electron chi connectivity index (χ0n) is 11.5. The van der Waals surface area contributed by atoms with E-state index in [1.54, 1.807) is 6.20 Å². The Labute approximate surface area is 115 Å². The Kier molecular flexibility index (Phi) is 6.05. The number of unbranched alkanes of at least 4 members (excludes halogenated alkanes) is 2. The molecule has 18 heavy (non-hydrogen) atoms. The summed E-state index contributed by atoms with van der Waals surface area (Å²) in [5.74, 6) is 0.812. The maximum absolute atomic E-state index is 5.76. The van der Waals surface area contributed by atoms with Crippen molar-refractivity contribution in [1.29, 1.82) is 0 Å². The van der Waals surface area contributed by atoms with Crippen LogP contribution in [0.5, 0.6) is 0 Å². The van der Waals surface area contributed by atoms with E-state index in [1.807, 2.05) is 13.0 Å². The lowest BCUT2D eigenvalue weighted by Gasteiger charge is -2.17. The Bertz CT molecular complexity index is 404. The molecule has 3 N–H and O–H groups in total. The number of hydrogen-bond donors (Lipinski definition) is 2. The highest BCUT2D eigenvalue weighted by Gasteiger charge is 2.11. The summed E-state index contributed by atoms with van der Waals surface area (Å²) >= 11 is 5.09. The minimum absolute atomic E-state index is 0.388. The Morgan fingerprint density at radius 1 is 1.50 bits per heavy atom. The number of nitrogens with one attached hydrogen (secondary N) is 1. The first kappa shape index (κ1) is 14.9. The highest BCUT2D eigenvalue weighted by atomic mass is 32.1. The van der Waals surface area contributed by atoms with Crippen LogP contribution in [0.1, 0.15) is 50.7 Å². The highest BCUT2D eigenvalue weighted by Crippen LogP contribution is 2.18. The van der Waals surface area contributed by atoms with Gasteiger partial charge in [0.05, 0.1) is 5.56 Å². The van der Waals surface area contributed by atoms with Gasteiger partial charge < -0.3 is 11.1 Å². The Hall–Kier alpha value is -1.16. The molecule has 1 heterocycles. The van der Waals surface area contributed by atoms with Gasteiger partial charge in [0.25, 0.3) is 0 Å². The summed E-state index contributed by atoms with van der Waals surface area (Å²) in [5.41, 5.74) is 7.70. The second kappa shape index (κ2) is 7.31. The van der Waals surface area contributed by atoms with E-state index < -0.39 is 0 Å². The molecule has 0 amide bonds. The van der Waals surface area contributed by atoms with Crippen LogP contribution in [0.15, 0.2) is 12.3 Å². The van der Waals surface area contributed by atoms with Gasteiger partial charge in [-0.25, -0.2) is 4.98 Å². The van der Waals surface area contributed by atoms with E-state index >= 15 is 0 Å². The van der Waals surface area contributed by atoms with Crippen molar-refractivity contribution in [3.63, 3.8) is 0 Å². The van der Waals surface area contributed by atoms with E-state index in [2.05, 4.69) is 24.1 Å². The Morgan fingerprint density at radius 3 is 2.83 bits per heavy atom. The minimum atomic E-state index is 0.388.